The monoisotopic (exact) mass is 305 g/mol. The van der Waals surface area contributed by atoms with Crippen LogP contribution in [0.2, 0.25) is 0 Å². The fraction of sp³-hybridized carbons (Fsp3) is 0.357. The summed E-state index contributed by atoms with van der Waals surface area (Å²) >= 11 is 1.23. The van der Waals surface area contributed by atoms with Gasteiger partial charge in [-0.15, -0.1) is 10.2 Å². The highest BCUT2D eigenvalue weighted by atomic mass is 32.2. The molecule has 0 spiro atoms. The van der Waals surface area contributed by atoms with E-state index in [-0.39, 0.29) is 17.8 Å². The van der Waals surface area contributed by atoms with Crippen molar-refractivity contribution in [1.82, 2.24) is 15.5 Å². The zero-order valence-electron chi connectivity index (χ0n) is 11.5. The van der Waals surface area contributed by atoms with E-state index in [1.807, 2.05) is 24.3 Å². The van der Waals surface area contributed by atoms with Gasteiger partial charge in [0.15, 0.2) is 0 Å². The van der Waals surface area contributed by atoms with Crippen LogP contribution in [0.15, 0.2) is 33.9 Å². The molecule has 0 aliphatic carbocycles. The number of carbonyl (C=O) groups excluding carboxylic acids is 1. The van der Waals surface area contributed by atoms with Crippen LogP contribution in [0.3, 0.4) is 0 Å². The van der Waals surface area contributed by atoms with Crippen molar-refractivity contribution in [3.05, 3.63) is 35.7 Å². The predicted molar refractivity (Wildman–Crippen MR) is 77.3 cm³/mol. The topological polar surface area (TPSA) is 77.2 Å². The molecule has 1 aliphatic rings. The van der Waals surface area contributed by atoms with Crippen molar-refractivity contribution in [2.24, 2.45) is 0 Å². The molecule has 110 valence electrons. The summed E-state index contributed by atoms with van der Waals surface area (Å²) in [5, 5.41) is 10.8. The first-order valence-electron chi connectivity index (χ1n) is 6.65. The molecule has 21 heavy (non-hydrogen) atoms. The fourth-order valence-electron chi connectivity index (χ4n) is 2.11. The first-order valence-corrected chi connectivity index (χ1v) is 7.63. The van der Waals surface area contributed by atoms with Crippen LogP contribution in [0.1, 0.15) is 11.5 Å². The summed E-state index contributed by atoms with van der Waals surface area (Å²) in [6.07, 6.45) is 0.828. The van der Waals surface area contributed by atoms with Gasteiger partial charge >= 0.3 is 0 Å². The van der Waals surface area contributed by atoms with Gasteiger partial charge in [-0.05, 0) is 11.6 Å². The average Bonchev–Trinajstić information content (AvgIpc) is 3.08. The van der Waals surface area contributed by atoms with Gasteiger partial charge in [0.1, 0.15) is 11.9 Å². The molecule has 1 N–H and O–H groups in total. The number of nitrogens with one attached hydrogen (secondary N) is 1. The van der Waals surface area contributed by atoms with E-state index in [1.54, 1.807) is 6.92 Å². The normalized spacial score (nSPS) is 16.3. The van der Waals surface area contributed by atoms with Gasteiger partial charge < -0.3 is 14.5 Å². The summed E-state index contributed by atoms with van der Waals surface area (Å²) in [7, 11) is 0. The van der Waals surface area contributed by atoms with Gasteiger partial charge in [0, 0.05) is 13.3 Å². The minimum absolute atomic E-state index is 0.00185. The molecule has 2 heterocycles. The Labute approximate surface area is 126 Å². The third-order valence-electron chi connectivity index (χ3n) is 3.07. The van der Waals surface area contributed by atoms with Crippen LogP contribution < -0.4 is 10.1 Å². The molecule has 0 saturated carbocycles. The molecule has 1 amide bonds. The standard InChI is InChI=1S/C14H15N3O3S/c1-9-16-17-14(19-9)21-8-13(18)15-7-11-6-10-4-2-3-5-12(10)20-11/h2-5,11H,6-8H2,1H3,(H,15,18). The van der Waals surface area contributed by atoms with Crippen LogP contribution >= 0.6 is 11.8 Å². The van der Waals surface area contributed by atoms with Gasteiger partial charge in [-0.1, -0.05) is 30.0 Å². The second-order valence-corrected chi connectivity index (χ2v) is 5.66. The number of thioether (sulfide) groups is 1. The lowest BCUT2D eigenvalue weighted by atomic mass is 10.1. The molecule has 0 fully saturated rings. The van der Waals surface area contributed by atoms with E-state index in [0.29, 0.717) is 17.7 Å². The fourth-order valence-corrected chi connectivity index (χ4v) is 2.75. The van der Waals surface area contributed by atoms with Gasteiger partial charge in [0.05, 0.1) is 12.3 Å². The first kappa shape index (κ1) is 13.9. The largest absolute Gasteiger partial charge is 0.488 e. The first-order chi connectivity index (χ1) is 10.2. The van der Waals surface area contributed by atoms with Crippen molar-refractivity contribution >= 4 is 17.7 Å². The Kier molecular flexibility index (Phi) is 4.10. The maximum Gasteiger partial charge on any atom is 0.277 e. The summed E-state index contributed by atoms with van der Waals surface area (Å²) < 4.78 is 11.0. The Hall–Kier alpha value is -2.02. The highest BCUT2D eigenvalue weighted by Crippen LogP contribution is 2.27. The third-order valence-corrected chi connectivity index (χ3v) is 3.89. The number of aromatic nitrogens is 2. The van der Waals surface area contributed by atoms with Crippen molar-refractivity contribution in [1.29, 1.82) is 0 Å². The lowest BCUT2D eigenvalue weighted by Gasteiger charge is -2.11. The minimum Gasteiger partial charge on any atom is -0.488 e. The van der Waals surface area contributed by atoms with Crippen LogP contribution in [-0.4, -0.2) is 34.5 Å². The van der Waals surface area contributed by atoms with Gasteiger partial charge in [-0.2, -0.15) is 0 Å². The summed E-state index contributed by atoms with van der Waals surface area (Å²) in [5.41, 5.74) is 1.19. The molecule has 2 aromatic rings. The van der Waals surface area contributed by atoms with Crippen molar-refractivity contribution < 1.29 is 13.9 Å². The Morgan fingerprint density at radius 3 is 3.05 bits per heavy atom. The van der Waals surface area contributed by atoms with Crippen molar-refractivity contribution in [2.75, 3.05) is 12.3 Å². The lowest BCUT2D eigenvalue weighted by molar-refractivity contribution is -0.118. The predicted octanol–water partition coefficient (Wildman–Crippen LogP) is 1.59. The second-order valence-electron chi connectivity index (χ2n) is 4.73. The average molecular weight is 305 g/mol. The van der Waals surface area contributed by atoms with E-state index >= 15 is 0 Å². The summed E-state index contributed by atoms with van der Waals surface area (Å²) in [5.74, 6) is 1.58. The van der Waals surface area contributed by atoms with Gasteiger partial charge in [-0.3, -0.25) is 4.79 Å². The van der Waals surface area contributed by atoms with E-state index in [1.165, 1.54) is 17.3 Å². The van der Waals surface area contributed by atoms with E-state index in [4.69, 9.17) is 9.15 Å². The van der Waals surface area contributed by atoms with E-state index in [2.05, 4.69) is 15.5 Å². The molecule has 6 nitrogen and oxygen atoms in total. The molecule has 0 radical (unpaired) electrons. The molecule has 7 heteroatoms. The zero-order chi connectivity index (χ0) is 14.7. The number of fused-ring (bicyclic) bond motifs is 1. The Morgan fingerprint density at radius 2 is 2.29 bits per heavy atom. The number of carbonyl (C=O) groups is 1. The van der Waals surface area contributed by atoms with Crippen LogP contribution in [0.25, 0.3) is 0 Å². The van der Waals surface area contributed by atoms with Gasteiger partial charge in [-0.25, -0.2) is 0 Å². The number of nitrogens with zero attached hydrogens (tertiary/aromatic N) is 2. The van der Waals surface area contributed by atoms with Crippen LogP contribution in [0.5, 0.6) is 5.75 Å². The quantitative estimate of drug-likeness (QED) is 0.845. The summed E-state index contributed by atoms with van der Waals surface area (Å²) in [4.78, 5) is 11.8. The number of hydrogen-bond acceptors (Lipinski definition) is 6. The number of aryl methyl sites for hydroxylation is 1. The Morgan fingerprint density at radius 1 is 1.43 bits per heavy atom. The molecular weight excluding hydrogens is 290 g/mol. The zero-order valence-corrected chi connectivity index (χ0v) is 12.4. The van der Waals surface area contributed by atoms with E-state index in [0.717, 1.165) is 12.2 Å². The maximum absolute atomic E-state index is 11.8. The maximum atomic E-state index is 11.8. The lowest BCUT2D eigenvalue weighted by Crippen LogP contribution is -2.35. The third kappa shape index (κ3) is 3.55. The number of amides is 1. The van der Waals surface area contributed by atoms with Crippen molar-refractivity contribution in [2.45, 2.75) is 24.7 Å². The SMILES string of the molecule is Cc1nnc(SCC(=O)NCC2Cc3ccccc3O2)o1. The number of ether oxygens (including phenoxy) is 1. The van der Waals surface area contributed by atoms with Crippen molar-refractivity contribution in [3.8, 4) is 5.75 Å². The van der Waals surface area contributed by atoms with Crippen molar-refractivity contribution in [3.63, 3.8) is 0 Å². The van der Waals surface area contributed by atoms with Crippen LogP contribution in [0, 0.1) is 6.92 Å². The van der Waals surface area contributed by atoms with E-state index < -0.39 is 0 Å². The van der Waals surface area contributed by atoms with Gasteiger partial charge in [0.2, 0.25) is 11.8 Å². The molecule has 0 bridgehead atoms. The Bertz CT molecular complexity index is 619. The van der Waals surface area contributed by atoms with Crippen LogP contribution in [-0.2, 0) is 11.2 Å². The smallest absolute Gasteiger partial charge is 0.277 e. The molecule has 1 unspecified atom stereocenters. The Balaban J connectivity index is 1.41. The minimum atomic E-state index is -0.0737. The molecule has 1 atom stereocenters. The van der Waals surface area contributed by atoms with E-state index in [9.17, 15) is 4.79 Å². The summed E-state index contributed by atoms with van der Waals surface area (Å²) in [6, 6.07) is 7.94. The second kappa shape index (κ2) is 6.17. The number of rotatable bonds is 5. The number of benzene rings is 1. The molecule has 3 rings (SSSR count). The molecule has 1 aromatic carbocycles. The molecule has 1 aliphatic heterocycles. The number of para-hydroxylation sites is 1. The van der Waals surface area contributed by atoms with Crippen LogP contribution in [0.4, 0.5) is 0 Å². The summed E-state index contributed by atoms with van der Waals surface area (Å²) in [6.45, 7) is 2.21. The molecular formula is C14H15N3O3S. The highest BCUT2D eigenvalue weighted by Gasteiger charge is 2.22. The highest BCUT2D eigenvalue weighted by molar-refractivity contribution is 7.99. The molecule has 0 saturated heterocycles. The number of hydrogen-bond donors (Lipinski definition) is 1. The van der Waals surface area contributed by atoms with Gasteiger partial charge in [0.25, 0.3) is 5.22 Å². The molecule has 1 aromatic heterocycles.